The van der Waals surface area contributed by atoms with Gasteiger partial charge in [-0.2, -0.15) is 0 Å². The molecule has 1 aromatic carbocycles. The number of hydrazine groups is 1. The average molecular weight is 386 g/mol. The highest BCUT2D eigenvalue weighted by Gasteiger charge is 2.29. The minimum Gasteiger partial charge on any atom is -0.484 e. The smallest absolute Gasteiger partial charge is 0.264 e. The van der Waals surface area contributed by atoms with E-state index in [0.29, 0.717) is 5.75 Å². The number of ether oxygens (including phenoxy) is 1. The van der Waals surface area contributed by atoms with E-state index in [9.17, 15) is 9.59 Å². The van der Waals surface area contributed by atoms with Crippen molar-refractivity contribution in [1.29, 1.82) is 0 Å². The van der Waals surface area contributed by atoms with Crippen molar-refractivity contribution in [3.8, 4) is 5.75 Å². The molecule has 0 saturated heterocycles. The standard InChI is InChI=1S/C14H16BrN3O3S/c1-8-6-10(4-5-11(8)15)21-7-12(19)16-14(22)18-17-13(20)9-2-3-9/h4-6,9H,2-3,7H2,1H3,(H,17,20)(H2,16,18,19,22). The molecule has 0 atom stereocenters. The molecule has 0 heterocycles. The maximum atomic E-state index is 11.7. The van der Waals surface area contributed by atoms with Gasteiger partial charge >= 0.3 is 0 Å². The molecule has 1 aliphatic rings. The zero-order chi connectivity index (χ0) is 16.1. The Hall–Kier alpha value is -1.67. The fourth-order valence-corrected chi connectivity index (χ4v) is 2.03. The van der Waals surface area contributed by atoms with E-state index in [1.54, 1.807) is 6.07 Å². The number of nitrogens with one attached hydrogen (secondary N) is 3. The van der Waals surface area contributed by atoms with Crippen LogP contribution in [0.2, 0.25) is 0 Å². The summed E-state index contributed by atoms with van der Waals surface area (Å²) in [5, 5.41) is 2.46. The minimum atomic E-state index is -0.404. The lowest BCUT2D eigenvalue weighted by molar-refractivity contribution is -0.123. The number of halogens is 1. The lowest BCUT2D eigenvalue weighted by atomic mass is 10.2. The highest BCUT2D eigenvalue weighted by atomic mass is 79.9. The van der Waals surface area contributed by atoms with Gasteiger partial charge in [-0.05, 0) is 55.7 Å². The first-order valence-corrected chi connectivity index (χ1v) is 7.94. The van der Waals surface area contributed by atoms with Crippen LogP contribution in [-0.4, -0.2) is 23.5 Å². The highest BCUT2D eigenvalue weighted by molar-refractivity contribution is 9.10. The van der Waals surface area contributed by atoms with Gasteiger partial charge in [0.1, 0.15) is 5.75 Å². The maximum Gasteiger partial charge on any atom is 0.264 e. The summed E-state index contributed by atoms with van der Waals surface area (Å²) in [6, 6.07) is 5.43. The van der Waals surface area contributed by atoms with Crippen LogP contribution in [0.1, 0.15) is 18.4 Å². The number of aryl methyl sites for hydroxylation is 1. The maximum absolute atomic E-state index is 11.7. The summed E-state index contributed by atoms with van der Waals surface area (Å²) in [5.74, 6) is 0.142. The Kier molecular flexibility index (Phi) is 5.73. The van der Waals surface area contributed by atoms with Gasteiger partial charge in [0.15, 0.2) is 11.7 Å². The van der Waals surface area contributed by atoms with Crippen LogP contribution in [0, 0.1) is 12.8 Å². The number of carbonyl (C=O) groups excluding carboxylic acids is 2. The summed E-state index contributed by atoms with van der Waals surface area (Å²) in [4.78, 5) is 23.1. The molecule has 0 aliphatic heterocycles. The molecular formula is C14H16BrN3O3S. The van der Waals surface area contributed by atoms with E-state index in [2.05, 4.69) is 32.1 Å². The Bertz CT molecular complexity index is 605. The van der Waals surface area contributed by atoms with E-state index in [1.807, 2.05) is 19.1 Å². The molecule has 3 N–H and O–H groups in total. The summed E-state index contributed by atoms with van der Waals surface area (Å²) in [6.45, 7) is 1.76. The van der Waals surface area contributed by atoms with Gasteiger partial charge in [-0.1, -0.05) is 15.9 Å². The van der Waals surface area contributed by atoms with Gasteiger partial charge < -0.3 is 4.74 Å². The Labute approximate surface area is 142 Å². The number of thiocarbonyl (C=S) groups is 1. The lowest BCUT2D eigenvalue weighted by Gasteiger charge is -2.11. The Morgan fingerprint density at radius 2 is 2.09 bits per heavy atom. The quantitative estimate of drug-likeness (QED) is 0.541. The third kappa shape index (κ3) is 5.27. The number of amides is 2. The molecule has 2 rings (SSSR count). The van der Waals surface area contributed by atoms with Crippen LogP contribution in [0.25, 0.3) is 0 Å². The van der Waals surface area contributed by atoms with Crippen LogP contribution in [0.4, 0.5) is 0 Å². The predicted octanol–water partition coefficient (Wildman–Crippen LogP) is 1.57. The first-order valence-electron chi connectivity index (χ1n) is 6.74. The zero-order valence-corrected chi connectivity index (χ0v) is 14.3. The summed E-state index contributed by atoms with van der Waals surface area (Å²) >= 11 is 8.30. The van der Waals surface area contributed by atoms with Crippen molar-refractivity contribution in [3.05, 3.63) is 28.2 Å². The van der Waals surface area contributed by atoms with E-state index in [1.165, 1.54) is 0 Å². The molecule has 0 unspecified atom stereocenters. The van der Waals surface area contributed by atoms with E-state index in [-0.39, 0.29) is 23.5 Å². The lowest BCUT2D eigenvalue weighted by Crippen LogP contribution is -2.49. The van der Waals surface area contributed by atoms with Crippen LogP contribution in [0.3, 0.4) is 0 Å². The number of carbonyl (C=O) groups is 2. The Morgan fingerprint density at radius 1 is 1.36 bits per heavy atom. The van der Waals surface area contributed by atoms with Crippen LogP contribution < -0.4 is 20.9 Å². The van der Waals surface area contributed by atoms with E-state index < -0.39 is 5.91 Å². The average Bonchev–Trinajstić information content (AvgIpc) is 3.30. The van der Waals surface area contributed by atoms with Crippen molar-refractivity contribution in [2.75, 3.05) is 6.61 Å². The van der Waals surface area contributed by atoms with Gasteiger partial charge in [-0.15, -0.1) is 0 Å². The Morgan fingerprint density at radius 3 is 2.73 bits per heavy atom. The molecule has 6 nitrogen and oxygen atoms in total. The SMILES string of the molecule is Cc1cc(OCC(=O)NC(=S)NNC(=O)C2CC2)ccc1Br. The molecule has 1 aliphatic carbocycles. The molecule has 1 saturated carbocycles. The molecule has 0 spiro atoms. The largest absolute Gasteiger partial charge is 0.484 e. The molecular weight excluding hydrogens is 370 g/mol. The summed E-state index contributed by atoms with van der Waals surface area (Å²) in [5.41, 5.74) is 5.95. The van der Waals surface area contributed by atoms with E-state index in [4.69, 9.17) is 17.0 Å². The number of benzene rings is 1. The number of hydrogen-bond acceptors (Lipinski definition) is 4. The summed E-state index contributed by atoms with van der Waals surface area (Å²) in [7, 11) is 0. The molecule has 2 amide bonds. The number of rotatable bonds is 4. The second-order valence-corrected chi connectivity index (χ2v) is 6.23. The number of hydrogen-bond donors (Lipinski definition) is 3. The molecule has 0 bridgehead atoms. The molecule has 1 fully saturated rings. The molecule has 8 heteroatoms. The van der Waals surface area contributed by atoms with Crippen molar-refractivity contribution in [1.82, 2.24) is 16.2 Å². The minimum absolute atomic E-state index is 0.0367. The van der Waals surface area contributed by atoms with Crippen molar-refractivity contribution < 1.29 is 14.3 Å². The topological polar surface area (TPSA) is 79.5 Å². The zero-order valence-electron chi connectivity index (χ0n) is 11.9. The fourth-order valence-electron chi connectivity index (χ4n) is 1.62. The van der Waals surface area contributed by atoms with Crippen molar-refractivity contribution in [2.45, 2.75) is 19.8 Å². The van der Waals surface area contributed by atoms with Crippen LogP contribution >= 0.6 is 28.1 Å². The molecule has 118 valence electrons. The molecule has 22 heavy (non-hydrogen) atoms. The summed E-state index contributed by atoms with van der Waals surface area (Å²) in [6.07, 6.45) is 1.79. The van der Waals surface area contributed by atoms with Gasteiger partial charge in [0.25, 0.3) is 5.91 Å². The van der Waals surface area contributed by atoms with Crippen LogP contribution in [0.5, 0.6) is 5.75 Å². The Balaban J connectivity index is 1.69. The second-order valence-electron chi connectivity index (χ2n) is 4.97. The van der Waals surface area contributed by atoms with Gasteiger partial charge in [0, 0.05) is 10.4 Å². The fraction of sp³-hybridized carbons (Fsp3) is 0.357. The van der Waals surface area contributed by atoms with Gasteiger partial charge in [0.2, 0.25) is 5.91 Å². The monoisotopic (exact) mass is 385 g/mol. The van der Waals surface area contributed by atoms with Gasteiger partial charge in [-0.3, -0.25) is 25.8 Å². The second kappa shape index (κ2) is 7.55. The van der Waals surface area contributed by atoms with Crippen LogP contribution in [0.15, 0.2) is 22.7 Å². The van der Waals surface area contributed by atoms with E-state index in [0.717, 1.165) is 22.9 Å². The van der Waals surface area contributed by atoms with Gasteiger partial charge in [0.05, 0.1) is 0 Å². The molecule has 0 aromatic heterocycles. The first-order chi connectivity index (χ1) is 10.5. The molecule has 1 aromatic rings. The van der Waals surface area contributed by atoms with Gasteiger partial charge in [-0.25, -0.2) is 0 Å². The molecule has 0 radical (unpaired) electrons. The summed E-state index contributed by atoms with van der Waals surface area (Å²) < 4.78 is 6.34. The van der Waals surface area contributed by atoms with Crippen molar-refractivity contribution in [3.63, 3.8) is 0 Å². The third-order valence-electron chi connectivity index (χ3n) is 3.00. The van der Waals surface area contributed by atoms with Crippen LogP contribution in [-0.2, 0) is 9.59 Å². The third-order valence-corrected chi connectivity index (χ3v) is 4.09. The van der Waals surface area contributed by atoms with Crippen molar-refractivity contribution in [2.24, 2.45) is 5.92 Å². The highest BCUT2D eigenvalue weighted by Crippen LogP contribution is 2.28. The first kappa shape index (κ1) is 16.7. The normalized spacial score (nSPS) is 13.2. The van der Waals surface area contributed by atoms with E-state index >= 15 is 0 Å². The predicted molar refractivity (Wildman–Crippen MR) is 89.1 cm³/mol. The van der Waals surface area contributed by atoms with Crippen molar-refractivity contribution >= 4 is 45.1 Å².